The summed E-state index contributed by atoms with van der Waals surface area (Å²) in [5.41, 5.74) is 0.828. The third-order valence-corrected chi connectivity index (χ3v) is 3.05. The highest BCUT2D eigenvalue weighted by atomic mass is 19.2. The molecule has 2 aromatic rings. The lowest BCUT2D eigenvalue weighted by Gasteiger charge is -2.20. The van der Waals surface area contributed by atoms with Gasteiger partial charge in [-0.1, -0.05) is 0 Å². The summed E-state index contributed by atoms with van der Waals surface area (Å²) in [5.74, 6) is -3.23. The number of aliphatic hydroxyl groups is 3. The first-order valence-electron chi connectivity index (χ1n) is 5.55. The molecule has 0 bridgehead atoms. The van der Waals surface area contributed by atoms with Crippen LogP contribution in [0.4, 0.5) is 4.39 Å². The van der Waals surface area contributed by atoms with E-state index in [2.05, 4.69) is 19.9 Å². The first-order chi connectivity index (χ1) is 9.04. The van der Waals surface area contributed by atoms with Gasteiger partial charge in [0.2, 0.25) is 0 Å². The second-order valence-electron chi connectivity index (χ2n) is 4.28. The van der Waals surface area contributed by atoms with Crippen LogP contribution in [0.15, 0.2) is 12.5 Å². The summed E-state index contributed by atoms with van der Waals surface area (Å²) >= 11 is 0. The highest BCUT2D eigenvalue weighted by molar-refractivity contribution is 5.68. The van der Waals surface area contributed by atoms with E-state index in [9.17, 15) is 14.6 Å². The van der Waals surface area contributed by atoms with E-state index in [1.54, 1.807) is 0 Å². The Morgan fingerprint density at radius 3 is 2.95 bits per heavy atom. The fraction of sp³-hybridized carbons (Fsp3) is 0.500. The minimum absolute atomic E-state index is 0.153. The van der Waals surface area contributed by atoms with Gasteiger partial charge in [-0.05, 0) is 0 Å². The number of halogens is 1. The second kappa shape index (κ2) is 4.17. The molecule has 19 heavy (non-hydrogen) atoms. The minimum atomic E-state index is -3.07. The smallest absolute Gasteiger partial charge is 0.269 e. The molecule has 0 radical (unpaired) electrons. The zero-order valence-corrected chi connectivity index (χ0v) is 9.56. The van der Waals surface area contributed by atoms with E-state index in [1.165, 1.54) is 12.5 Å². The normalized spacial score (nSPS) is 35.1. The average Bonchev–Trinajstić information content (AvgIpc) is 2.93. The van der Waals surface area contributed by atoms with Gasteiger partial charge < -0.3 is 25.0 Å². The Morgan fingerprint density at radius 2 is 2.26 bits per heavy atom. The van der Waals surface area contributed by atoms with Crippen molar-refractivity contribution in [3.05, 3.63) is 18.3 Å². The molecule has 0 aliphatic carbocycles. The first kappa shape index (κ1) is 12.4. The molecule has 102 valence electrons. The van der Waals surface area contributed by atoms with Crippen molar-refractivity contribution in [3.8, 4) is 0 Å². The Kier molecular flexibility index (Phi) is 2.71. The maximum absolute atomic E-state index is 14.1. The van der Waals surface area contributed by atoms with Crippen LogP contribution in [0.25, 0.3) is 11.2 Å². The number of imidazole rings is 1. The van der Waals surface area contributed by atoms with Gasteiger partial charge in [0.25, 0.3) is 5.85 Å². The van der Waals surface area contributed by atoms with E-state index in [1.807, 2.05) is 0 Å². The number of nitrogens with one attached hydrogen (secondary N) is 1. The molecule has 0 aromatic carbocycles. The van der Waals surface area contributed by atoms with E-state index in [4.69, 9.17) is 9.84 Å². The van der Waals surface area contributed by atoms with Gasteiger partial charge in [-0.15, -0.1) is 0 Å². The number of H-pyrrole nitrogens is 1. The van der Waals surface area contributed by atoms with Gasteiger partial charge in [-0.2, -0.15) is 0 Å². The van der Waals surface area contributed by atoms with Crippen LogP contribution < -0.4 is 0 Å². The zero-order chi connectivity index (χ0) is 13.6. The monoisotopic (exact) mass is 270 g/mol. The molecule has 9 heteroatoms. The van der Waals surface area contributed by atoms with Crippen LogP contribution in [0, 0.1) is 0 Å². The SMILES string of the molecule is OC[C@H]1OC(c2ncc3[nH]cnc3n2)[C@](O)(F)[C@@H]1O. The van der Waals surface area contributed by atoms with E-state index >= 15 is 0 Å². The van der Waals surface area contributed by atoms with Gasteiger partial charge in [0, 0.05) is 0 Å². The standard InChI is InChI=1S/C10H11FN4O4/c11-10(18)6(17)5(2-16)19-7(10)9-12-1-4-8(15-9)14-3-13-4/h1,3,5-7,16-18H,2H2,(H,12,13,14,15)/t5-,6-,7?,10+/m1/s1. The predicted molar refractivity (Wildman–Crippen MR) is 58.4 cm³/mol. The molecule has 1 unspecified atom stereocenters. The molecule has 1 fully saturated rings. The molecule has 2 aromatic heterocycles. The maximum atomic E-state index is 14.1. The Bertz CT molecular complexity index is 604. The molecule has 1 saturated heterocycles. The molecular weight excluding hydrogens is 259 g/mol. The summed E-state index contributed by atoms with van der Waals surface area (Å²) in [5, 5.41) is 28.1. The molecule has 4 N–H and O–H groups in total. The maximum Gasteiger partial charge on any atom is 0.269 e. The summed E-state index contributed by atoms with van der Waals surface area (Å²) < 4.78 is 19.1. The highest BCUT2D eigenvalue weighted by Gasteiger charge is 2.58. The number of aliphatic hydroxyl groups excluding tert-OH is 2. The van der Waals surface area contributed by atoms with Crippen molar-refractivity contribution in [3.63, 3.8) is 0 Å². The molecule has 8 nitrogen and oxygen atoms in total. The van der Waals surface area contributed by atoms with Gasteiger partial charge in [-0.25, -0.2) is 19.3 Å². The van der Waals surface area contributed by atoms with Gasteiger partial charge in [0.05, 0.1) is 19.1 Å². The van der Waals surface area contributed by atoms with Crippen LogP contribution >= 0.6 is 0 Å². The van der Waals surface area contributed by atoms with Gasteiger partial charge in [0.15, 0.2) is 17.6 Å². The van der Waals surface area contributed by atoms with Crippen molar-refractivity contribution in [2.24, 2.45) is 0 Å². The van der Waals surface area contributed by atoms with Crippen LogP contribution in [0.1, 0.15) is 11.9 Å². The Balaban J connectivity index is 2.00. The number of alkyl halides is 1. The Hall–Kier alpha value is -1.68. The molecule has 4 atom stereocenters. The predicted octanol–water partition coefficient (Wildman–Crippen LogP) is -1.20. The van der Waals surface area contributed by atoms with Crippen LogP contribution in [0.3, 0.4) is 0 Å². The molecule has 3 rings (SSSR count). The Labute approximate surface area is 105 Å². The molecule has 3 heterocycles. The summed E-state index contributed by atoms with van der Waals surface area (Å²) in [6.45, 7) is -0.630. The van der Waals surface area contributed by atoms with Crippen molar-refractivity contribution >= 4 is 11.2 Å². The van der Waals surface area contributed by atoms with E-state index in [0.29, 0.717) is 5.52 Å². The molecule has 0 spiro atoms. The van der Waals surface area contributed by atoms with Crippen molar-refractivity contribution < 1.29 is 24.4 Å². The topological polar surface area (TPSA) is 124 Å². The van der Waals surface area contributed by atoms with Crippen molar-refractivity contribution in [2.75, 3.05) is 6.61 Å². The third-order valence-electron chi connectivity index (χ3n) is 3.05. The number of nitrogens with zero attached hydrogens (tertiary/aromatic N) is 3. The quantitative estimate of drug-likeness (QED) is 0.540. The molecule has 1 aliphatic rings. The highest BCUT2D eigenvalue weighted by Crippen LogP contribution is 2.41. The fourth-order valence-corrected chi connectivity index (χ4v) is 2.02. The van der Waals surface area contributed by atoms with Crippen molar-refractivity contribution in [1.29, 1.82) is 0 Å². The fourth-order valence-electron chi connectivity index (χ4n) is 2.02. The zero-order valence-electron chi connectivity index (χ0n) is 9.56. The van der Waals surface area contributed by atoms with E-state index in [0.717, 1.165) is 0 Å². The average molecular weight is 270 g/mol. The minimum Gasteiger partial charge on any atom is -0.394 e. The summed E-state index contributed by atoms with van der Waals surface area (Å²) in [6, 6.07) is 0. The third kappa shape index (κ3) is 1.78. The number of hydrogen-bond acceptors (Lipinski definition) is 7. The van der Waals surface area contributed by atoms with E-state index in [-0.39, 0.29) is 11.5 Å². The molecule has 0 amide bonds. The second-order valence-corrected chi connectivity index (χ2v) is 4.28. The van der Waals surface area contributed by atoms with E-state index < -0.39 is 30.8 Å². The van der Waals surface area contributed by atoms with Crippen LogP contribution in [0.5, 0.6) is 0 Å². The molecular formula is C10H11FN4O4. The lowest BCUT2D eigenvalue weighted by Crippen LogP contribution is -2.42. The van der Waals surface area contributed by atoms with Crippen molar-refractivity contribution in [1.82, 2.24) is 19.9 Å². The van der Waals surface area contributed by atoms with Crippen LogP contribution in [0.2, 0.25) is 0 Å². The van der Waals surface area contributed by atoms with Gasteiger partial charge in [-0.3, -0.25) is 0 Å². The van der Waals surface area contributed by atoms with Gasteiger partial charge in [0.1, 0.15) is 17.7 Å². The molecule has 0 saturated carbocycles. The van der Waals surface area contributed by atoms with Crippen molar-refractivity contribution in [2.45, 2.75) is 24.2 Å². The number of rotatable bonds is 2. The number of aromatic amines is 1. The summed E-state index contributed by atoms with van der Waals surface area (Å²) in [4.78, 5) is 14.4. The van der Waals surface area contributed by atoms with Gasteiger partial charge >= 0.3 is 0 Å². The summed E-state index contributed by atoms with van der Waals surface area (Å²) in [6.07, 6.45) is -1.94. The number of hydrogen-bond donors (Lipinski definition) is 4. The number of aromatic nitrogens is 4. The Morgan fingerprint density at radius 1 is 1.47 bits per heavy atom. The largest absolute Gasteiger partial charge is 0.394 e. The van der Waals surface area contributed by atoms with Crippen LogP contribution in [-0.2, 0) is 4.74 Å². The number of ether oxygens (including phenoxy) is 1. The number of fused-ring (bicyclic) bond motifs is 1. The summed E-state index contributed by atoms with van der Waals surface area (Å²) in [7, 11) is 0. The lowest BCUT2D eigenvalue weighted by atomic mass is 10.1. The lowest BCUT2D eigenvalue weighted by molar-refractivity contribution is -0.177. The molecule has 1 aliphatic heterocycles. The first-order valence-corrected chi connectivity index (χ1v) is 5.55. The van der Waals surface area contributed by atoms with Crippen LogP contribution in [-0.4, -0.2) is 59.9 Å².